The molecule has 1 aromatic rings. The van der Waals surface area contributed by atoms with Gasteiger partial charge in [-0.3, -0.25) is 14.5 Å². The van der Waals surface area contributed by atoms with Crippen molar-refractivity contribution in [2.45, 2.75) is 38.3 Å². The van der Waals surface area contributed by atoms with Crippen molar-refractivity contribution in [2.24, 2.45) is 0 Å². The Balaban J connectivity index is 1.58. The maximum Gasteiger partial charge on any atom is 0.397 e. The number of benzene rings is 1. The average molecular weight is 359 g/mol. The first kappa shape index (κ1) is 18.8. The number of carbonyl (C=O) groups is 2. The highest BCUT2D eigenvalue weighted by atomic mass is 32.2. The number of halogens is 3. The maximum atomic E-state index is 12.1. The number of carbonyl (C=O) groups excluding carboxylic acids is 2. The predicted octanol–water partition coefficient (Wildman–Crippen LogP) is 4.53. The summed E-state index contributed by atoms with van der Waals surface area (Å²) < 4.78 is 35.9. The molecule has 0 aromatic heterocycles. The largest absolute Gasteiger partial charge is 0.397 e. The second-order valence-corrected chi connectivity index (χ2v) is 6.85. The Morgan fingerprint density at radius 2 is 1.42 bits per heavy atom. The third-order valence-corrected chi connectivity index (χ3v) is 4.92. The van der Waals surface area contributed by atoms with Crippen LogP contribution in [0.15, 0.2) is 24.3 Å². The first-order chi connectivity index (χ1) is 11.4. The lowest BCUT2D eigenvalue weighted by atomic mass is 10.1. The van der Waals surface area contributed by atoms with E-state index in [1.54, 1.807) is 24.3 Å². The molecule has 2 amide bonds. The van der Waals surface area contributed by atoms with Crippen LogP contribution in [0.25, 0.3) is 0 Å². The molecule has 132 valence electrons. The van der Waals surface area contributed by atoms with E-state index in [1.165, 1.54) is 4.90 Å². The number of thioether (sulfide) groups is 1. The highest BCUT2D eigenvalue weighted by molar-refractivity contribution is 7.99. The molecule has 2 rings (SSSR count). The fourth-order valence-electron chi connectivity index (χ4n) is 2.63. The molecule has 1 aliphatic heterocycles. The number of alkyl halides is 3. The van der Waals surface area contributed by atoms with Crippen molar-refractivity contribution in [2.75, 3.05) is 18.1 Å². The standard InChI is InChI=1S/C17H20F3NO2S/c18-17(19,20)12-24-11-7-3-1-2-6-10-21-15(22)13-8-4-5-9-14(13)16(21)23/h4-5,8-9H,1-3,6-7,10-12H2. The van der Waals surface area contributed by atoms with Gasteiger partial charge in [0.15, 0.2) is 0 Å². The summed E-state index contributed by atoms with van der Waals surface area (Å²) in [6.45, 7) is 0.398. The van der Waals surface area contributed by atoms with Gasteiger partial charge in [0, 0.05) is 6.54 Å². The summed E-state index contributed by atoms with van der Waals surface area (Å²) in [5, 5.41) is 0. The zero-order chi connectivity index (χ0) is 17.6. The van der Waals surface area contributed by atoms with Crippen molar-refractivity contribution < 1.29 is 22.8 Å². The molecule has 1 aromatic carbocycles. The van der Waals surface area contributed by atoms with Crippen molar-refractivity contribution in [1.82, 2.24) is 4.90 Å². The van der Waals surface area contributed by atoms with Crippen molar-refractivity contribution in [3.05, 3.63) is 35.4 Å². The lowest BCUT2D eigenvalue weighted by molar-refractivity contribution is -0.105. The summed E-state index contributed by atoms with van der Waals surface area (Å²) in [5.41, 5.74) is 0.924. The SMILES string of the molecule is O=C1c2ccccc2C(=O)N1CCCCCCCSCC(F)(F)F. The number of imide groups is 1. The van der Waals surface area contributed by atoms with Crippen LogP contribution in [0, 0.1) is 0 Å². The van der Waals surface area contributed by atoms with E-state index in [9.17, 15) is 22.8 Å². The van der Waals surface area contributed by atoms with Gasteiger partial charge in [0.25, 0.3) is 11.8 Å². The molecule has 24 heavy (non-hydrogen) atoms. The predicted molar refractivity (Wildman–Crippen MR) is 88.3 cm³/mol. The second kappa shape index (κ2) is 8.55. The number of unbranched alkanes of at least 4 members (excludes halogenated alkanes) is 4. The Kier molecular flexibility index (Phi) is 6.71. The Morgan fingerprint density at radius 3 is 2.00 bits per heavy atom. The van der Waals surface area contributed by atoms with Gasteiger partial charge in [-0.05, 0) is 30.7 Å². The van der Waals surface area contributed by atoms with Crippen LogP contribution in [0.5, 0.6) is 0 Å². The molecule has 1 heterocycles. The summed E-state index contributed by atoms with van der Waals surface area (Å²) in [4.78, 5) is 25.6. The number of amides is 2. The van der Waals surface area contributed by atoms with E-state index < -0.39 is 11.9 Å². The molecular formula is C17H20F3NO2S. The molecule has 0 aliphatic carbocycles. The number of hydrogen-bond donors (Lipinski definition) is 0. The third-order valence-electron chi connectivity index (χ3n) is 3.81. The van der Waals surface area contributed by atoms with Crippen molar-refractivity contribution >= 4 is 23.6 Å². The second-order valence-electron chi connectivity index (χ2n) is 5.74. The monoisotopic (exact) mass is 359 g/mol. The topological polar surface area (TPSA) is 37.4 Å². The number of nitrogens with zero attached hydrogens (tertiary/aromatic N) is 1. The third kappa shape index (κ3) is 5.26. The summed E-state index contributed by atoms with van der Waals surface area (Å²) in [5.74, 6) is -0.747. The van der Waals surface area contributed by atoms with E-state index in [0.29, 0.717) is 23.4 Å². The van der Waals surface area contributed by atoms with Gasteiger partial charge in [-0.1, -0.05) is 31.4 Å². The van der Waals surface area contributed by atoms with Crippen LogP contribution >= 0.6 is 11.8 Å². The number of fused-ring (bicyclic) bond motifs is 1. The van der Waals surface area contributed by atoms with Crippen molar-refractivity contribution in [3.63, 3.8) is 0 Å². The van der Waals surface area contributed by atoms with Gasteiger partial charge in [0.2, 0.25) is 0 Å². The van der Waals surface area contributed by atoms with Crippen LogP contribution in [0.1, 0.15) is 52.8 Å². The van der Waals surface area contributed by atoms with Crippen molar-refractivity contribution in [1.29, 1.82) is 0 Å². The fourth-order valence-corrected chi connectivity index (χ4v) is 3.42. The molecule has 3 nitrogen and oxygen atoms in total. The molecule has 1 aliphatic rings. The summed E-state index contributed by atoms with van der Waals surface area (Å²) in [6.07, 6.45) is 0.0199. The summed E-state index contributed by atoms with van der Waals surface area (Å²) in [6, 6.07) is 6.80. The lowest BCUT2D eigenvalue weighted by Gasteiger charge is -2.13. The smallest absolute Gasteiger partial charge is 0.274 e. The summed E-state index contributed by atoms with van der Waals surface area (Å²) in [7, 11) is 0. The van der Waals surface area contributed by atoms with E-state index in [1.807, 2.05) is 0 Å². The maximum absolute atomic E-state index is 12.1. The minimum Gasteiger partial charge on any atom is -0.274 e. The van der Waals surface area contributed by atoms with Crippen LogP contribution in [0.2, 0.25) is 0 Å². The Labute approximate surface area is 143 Å². The van der Waals surface area contributed by atoms with Gasteiger partial charge in [-0.25, -0.2) is 0 Å². The molecule has 0 saturated heterocycles. The molecule has 0 N–H and O–H groups in total. The van der Waals surface area contributed by atoms with E-state index in [2.05, 4.69) is 0 Å². The Hall–Kier alpha value is -1.50. The minimum absolute atomic E-state index is 0.237. The Morgan fingerprint density at radius 1 is 0.875 bits per heavy atom. The van der Waals surface area contributed by atoms with Gasteiger partial charge >= 0.3 is 6.18 Å². The first-order valence-corrected chi connectivity index (χ1v) is 9.15. The Bertz CT molecular complexity index is 554. The minimum atomic E-state index is -4.09. The zero-order valence-electron chi connectivity index (χ0n) is 13.3. The van der Waals surface area contributed by atoms with Crippen LogP contribution in [0.3, 0.4) is 0 Å². The normalized spacial score (nSPS) is 14.4. The fraction of sp³-hybridized carbons (Fsp3) is 0.529. The average Bonchev–Trinajstić information content (AvgIpc) is 2.77. The van der Waals surface area contributed by atoms with Gasteiger partial charge < -0.3 is 0 Å². The molecule has 0 fully saturated rings. The van der Waals surface area contributed by atoms with Crippen LogP contribution in [-0.2, 0) is 0 Å². The molecule has 0 saturated carbocycles. The molecule has 0 spiro atoms. The van der Waals surface area contributed by atoms with Crippen molar-refractivity contribution in [3.8, 4) is 0 Å². The van der Waals surface area contributed by atoms with E-state index >= 15 is 0 Å². The quantitative estimate of drug-likeness (QED) is 0.480. The molecular weight excluding hydrogens is 339 g/mol. The van der Waals surface area contributed by atoms with E-state index in [4.69, 9.17) is 0 Å². The lowest BCUT2D eigenvalue weighted by Crippen LogP contribution is -2.30. The molecule has 0 atom stereocenters. The van der Waals surface area contributed by atoms with Gasteiger partial charge in [0.1, 0.15) is 0 Å². The molecule has 0 bridgehead atoms. The van der Waals surface area contributed by atoms with E-state index in [0.717, 1.165) is 43.9 Å². The first-order valence-electron chi connectivity index (χ1n) is 8.00. The van der Waals surface area contributed by atoms with Crippen LogP contribution in [0.4, 0.5) is 13.2 Å². The number of rotatable bonds is 9. The molecule has 7 heteroatoms. The molecule has 0 unspecified atom stereocenters. The van der Waals surface area contributed by atoms with E-state index in [-0.39, 0.29) is 11.8 Å². The van der Waals surface area contributed by atoms with Crippen LogP contribution < -0.4 is 0 Å². The highest BCUT2D eigenvalue weighted by Crippen LogP contribution is 2.23. The van der Waals surface area contributed by atoms with Gasteiger partial charge in [0.05, 0.1) is 16.9 Å². The zero-order valence-corrected chi connectivity index (χ0v) is 14.1. The number of hydrogen-bond acceptors (Lipinski definition) is 3. The highest BCUT2D eigenvalue weighted by Gasteiger charge is 2.34. The summed E-state index contributed by atoms with van der Waals surface area (Å²) >= 11 is 0.915. The van der Waals surface area contributed by atoms with Gasteiger partial charge in [-0.2, -0.15) is 24.9 Å². The molecule has 0 radical (unpaired) electrons. The van der Waals surface area contributed by atoms with Gasteiger partial charge in [-0.15, -0.1) is 0 Å². The van der Waals surface area contributed by atoms with Crippen LogP contribution in [-0.4, -0.2) is 40.9 Å².